The van der Waals surface area contributed by atoms with Gasteiger partial charge in [0.2, 0.25) is 5.95 Å². The molecule has 4 heterocycles. The standard InChI is InChI=1S/C19H16BrFN4S/c20-13-10-26-18-16(11-4-5-14(21)15-12(11)6-7-22-15)23-19(24-17(13)18)25-8-2-1-3-9-25/h4-7,10,22H,1-3,8-9H2. The number of fused-ring (bicyclic) bond motifs is 2. The van der Waals surface area contributed by atoms with Crippen molar-refractivity contribution >= 4 is 54.3 Å². The first-order chi connectivity index (χ1) is 12.7. The zero-order chi connectivity index (χ0) is 17.7. The third kappa shape index (κ3) is 2.53. The molecule has 0 bridgehead atoms. The van der Waals surface area contributed by atoms with E-state index in [9.17, 15) is 4.39 Å². The second kappa shape index (κ2) is 6.32. The Balaban J connectivity index is 1.78. The van der Waals surface area contributed by atoms with Gasteiger partial charge in [0.05, 0.1) is 20.4 Å². The lowest BCUT2D eigenvalue weighted by molar-refractivity contribution is 0.569. The molecule has 26 heavy (non-hydrogen) atoms. The number of nitrogens with zero attached hydrogens (tertiary/aromatic N) is 3. The van der Waals surface area contributed by atoms with Gasteiger partial charge in [0.25, 0.3) is 0 Å². The first-order valence-corrected chi connectivity index (χ1v) is 10.4. The van der Waals surface area contributed by atoms with Crippen molar-refractivity contribution in [1.82, 2.24) is 15.0 Å². The minimum Gasteiger partial charge on any atom is -0.359 e. The van der Waals surface area contributed by atoms with Gasteiger partial charge in [-0.1, -0.05) is 0 Å². The molecule has 1 N–H and O–H groups in total. The minimum atomic E-state index is -0.248. The summed E-state index contributed by atoms with van der Waals surface area (Å²) in [5, 5.41) is 2.89. The molecule has 0 saturated carbocycles. The molecule has 1 saturated heterocycles. The molecule has 132 valence electrons. The predicted molar refractivity (Wildman–Crippen MR) is 108 cm³/mol. The van der Waals surface area contributed by atoms with Gasteiger partial charge in [0.15, 0.2) is 0 Å². The summed E-state index contributed by atoms with van der Waals surface area (Å²) in [7, 11) is 0. The summed E-state index contributed by atoms with van der Waals surface area (Å²) < 4.78 is 16.1. The molecule has 1 aliphatic heterocycles. The molecule has 3 aromatic heterocycles. The summed E-state index contributed by atoms with van der Waals surface area (Å²) in [6, 6.07) is 5.23. The lowest BCUT2D eigenvalue weighted by atomic mass is 10.1. The molecule has 0 aliphatic carbocycles. The van der Waals surface area contributed by atoms with Crippen molar-refractivity contribution in [2.75, 3.05) is 18.0 Å². The third-order valence-electron chi connectivity index (χ3n) is 4.93. The Kier molecular flexibility index (Phi) is 3.94. The van der Waals surface area contributed by atoms with Crippen LogP contribution in [0.1, 0.15) is 19.3 Å². The fourth-order valence-corrected chi connectivity index (χ4v) is 5.19. The van der Waals surface area contributed by atoms with Gasteiger partial charge in [-0.15, -0.1) is 11.3 Å². The van der Waals surface area contributed by atoms with Crippen LogP contribution in [0.4, 0.5) is 10.3 Å². The van der Waals surface area contributed by atoms with Gasteiger partial charge in [-0.25, -0.2) is 14.4 Å². The van der Waals surface area contributed by atoms with E-state index in [1.165, 1.54) is 25.3 Å². The zero-order valence-corrected chi connectivity index (χ0v) is 16.3. The van der Waals surface area contributed by atoms with Crippen LogP contribution in [0.25, 0.3) is 32.4 Å². The highest BCUT2D eigenvalue weighted by Crippen LogP contribution is 2.39. The summed E-state index contributed by atoms with van der Waals surface area (Å²) in [6.07, 6.45) is 5.36. The van der Waals surface area contributed by atoms with E-state index in [2.05, 4.69) is 25.8 Å². The minimum absolute atomic E-state index is 0.248. The highest BCUT2D eigenvalue weighted by molar-refractivity contribution is 9.10. The summed E-state index contributed by atoms with van der Waals surface area (Å²) in [6.45, 7) is 1.96. The van der Waals surface area contributed by atoms with Crippen LogP contribution in [0.15, 0.2) is 34.2 Å². The van der Waals surface area contributed by atoms with E-state index < -0.39 is 0 Å². The second-order valence-electron chi connectivity index (χ2n) is 6.54. The van der Waals surface area contributed by atoms with Gasteiger partial charge in [-0.05, 0) is 53.4 Å². The molecule has 1 fully saturated rings. The van der Waals surface area contributed by atoms with Crippen molar-refractivity contribution in [1.29, 1.82) is 0 Å². The molecule has 0 unspecified atom stereocenters. The van der Waals surface area contributed by atoms with Crippen molar-refractivity contribution in [3.63, 3.8) is 0 Å². The highest BCUT2D eigenvalue weighted by atomic mass is 79.9. The number of hydrogen-bond acceptors (Lipinski definition) is 4. The molecule has 0 amide bonds. The Morgan fingerprint density at radius 3 is 2.81 bits per heavy atom. The Morgan fingerprint density at radius 1 is 1.12 bits per heavy atom. The number of aromatic nitrogens is 3. The Labute approximate surface area is 162 Å². The fraction of sp³-hybridized carbons (Fsp3) is 0.263. The summed E-state index contributed by atoms with van der Waals surface area (Å²) in [5.74, 6) is 0.516. The van der Waals surface area contributed by atoms with Crippen LogP contribution in [0.5, 0.6) is 0 Å². The lowest BCUT2D eigenvalue weighted by Gasteiger charge is -2.27. The number of halogens is 2. The first-order valence-electron chi connectivity index (χ1n) is 8.68. The van der Waals surface area contributed by atoms with Crippen molar-refractivity contribution < 1.29 is 4.39 Å². The quantitative estimate of drug-likeness (QED) is 0.441. The number of aromatic amines is 1. The smallest absolute Gasteiger partial charge is 0.226 e. The Bertz CT molecular complexity index is 1110. The lowest BCUT2D eigenvalue weighted by Crippen LogP contribution is -2.31. The summed E-state index contributed by atoms with van der Waals surface area (Å²) >= 11 is 5.23. The van der Waals surface area contributed by atoms with Gasteiger partial charge >= 0.3 is 0 Å². The molecule has 7 heteroatoms. The molecule has 5 rings (SSSR count). The van der Waals surface area contributed by atoms with Gasteiger partial charge in [-0.2, -0.15) is 0 Å². The monoisotopic (exact) mass is 430 g/mol. The van der Waals surface area contributed by atoms with Gasteiger partial charge in [0, 0.05) is 35.6 Å². The molecular weight excluding hydrogens is 415 g/mol. The molecular formula is C19H16BrFN4S. The van der Waals surface area contributed by atoms with E-state index in [0.29, 0.717) is 5.52 Å². The van der Waals surface area contributed by atoms with Crippen molar-refractivity contribution in [2.24, 2.45) is 0 Å². The SMILES string of the molecule is Fc1ccc(-c2nc(N3CCCCC3)nc3c(Br)csc23)c2cc[nH]c12. The fourth-order valence-electron chi connectivity index (χ4n) is 3.62. The number of anilines is 1. The topological polar surface area (TPSA) is 44.8 Å². The Hall–Kier alpha value is -1.99. The zero-order valence-electron chi connectivity index (χ0n) is 13.9. The van der Waals surface area contributed by atoms with Gasteiger partial charge in [0.1, 0.15) is 11.3 Å². The largest absolute Gasteiger partial charge is 0.359 e. The van der Waals surface area contributed by atoms with Crippen molar-refractivity contribution in [2.45, 2.75) is 19.3 Å². The summed E-state index contributed by atoms with van der Waals surface area (Å²) in [4.78, 5) is 15.0. The van der Waals surface area contributed by atoms with E-state index >= 15 is 0 Å². The van der Waals surface area contributed by atoms with E-state index in [-0.39, 0.29) is 5.82 Å². The van der Waals surface area contributed by atoms with E-state index in [0.717, 1.165) is 50.4 Å². The van der Waals surface area contributed by atoms with Crippen LogP contribution in [-0.4, -0.2) is 28.0 Å². The summed E-state index contributed by atoms with van der Waals surface area (Å²) in [5.41, 5.74) is 3.25. The number of nitrogens with one attached hydrogen (secondary N) is 1. The molecule has 4 aromatic rings. The maximum Gasteiger partial charge on any atom is 0.226 e. The average Bonchev–Trinajstić information content (AvgIpc) is 3.30. The molecule has 1 aromatic carbocycles. The maximum absolute atomic E-state index is 14.1. The number of hydrogen-bond donors (Lipinski definition) is 1. The Morgan fingerprint density at radius 2 is 1.96 bits per heavy atom. The van der Waals surface area contributed by atoms with Crippen LogP contribution in [0, 0.1) is 5.82 Å². The van der Waals surface area contributed by atoms with E-state index in [4.69, 9.17) is 9.97 Å². The van der Waals surface area contributed by atoms with E-state index in [1.807, 2.05) is 17.5 Å². The highest BCUT2D eigenvalue weighted by Gasteiger charge is 2.21. The molecule has 0 atom stereocenters. The number of benzene rings is 1. The third-order valence-corrected chi connectivity index (χ3v) is 6.81. The number of H-pyrrole nitrogens is 1. The van der Waals surface area contributed by atoms with Crippen LogP contribution in [-0.2, 0) is 0 Å². The number of rotatable bonds is 2. The normalized spacial score (nSPS) is 15.2. The van der Waals surface area contributed by atoms with Crippen LogP contribution in [0.2, 0.25) is 0 Å². The molecule has 0 radical (unpaired) electrons. The van der Waals surface area contributed by atoms with Crippen molar-refractivity contribution in [3.8, 4) is 11.3 Å². The number of piperidine rings is 1. The van der Waals surface area contributed by atoms with Gasteiger partial charge < -0.3 is 9.88 Å². The van der Waals surface area contributed by atoms with E-state index in [1.54, 1.807) is 17.5 Å². The number of thiophene rings is 1. The van der Waals surface area contributed by atoms with Crippen LogP contribution >= 0.6 is 27.3 Å². The molecule has 1 aliphatic rings. The maximum atomic E-state index is 14.1. The van der Waals surface area contributed by atoms with Crippen LogP contribution in [0.3, 0.4) is 0 Å². The average molecular weight is 431 g/mol. The van der Waals surface area contributed by atoms with Gasteiger partial charge in [-0.3, -0.25) is 0 Å². The predicted octanol–water partition coefficient (Wildman–Crippen LogP) is 5.73. The molecule has 0 spiro atoms. The van der Waals surface area contributed by atoms with Crippen molar-refractivity contribution in [3.05, 3.63) is 40.1 Å². The first kappa shape index (κ1) is 16.2. The second-order valence-corrected chi connectivity index (χ2v) is 8.28. The molecule has 4 nitrogen and oxygen atoms in total. The van der Waals surface area contributed by atoms with Crippen LogP contribution < -0.4 is 4.90 Å².